The number of H-pyrrole nitrogens is 1. The van der Waals surface area contributed by atoms with Crippen LogP contribution in [0.15, 0.2) is 12.2 Å². The Morgan fingerprint density at radius 3 is 2.88 bits per heavy atom. The van der Waals surface area contributed by atoms with E-state index in [0.29, 0.717) is 11.3 Å². The molecular weight excluding hydrogens is 224 g/mol. The minimum Gasteiger partial charge on any atom is -0.378 e. The molecule has 0 unspecified atom stereocenters. The van der Waals surface area contributed by atoms with Crippen LogP contribution >= 0.6 is 12.2 Å². The van der Waals surface area contributed by atoms with Crippen LogP contribution in [0, 0.1) is 4.77 Å². The first kappa shape index (κ1) is 11.3. The molecule has 1 aromatic heterocycles. The van der Waals surface area contributed by atoms with Gasteiger partial charge in [-0.15, -0.1) is 5.10 Å². The van der Waals surface area contributed by atoms with Crippen molar-refractivity contribution in [3.63, 3.8) is 0 Å². The molecule has 1 aromatic rings. The van der Waals surface area contributed by atoms with Gasteiger partial charge in [-0.1, -0.05) is 12.2 Å². The highest BCUT2D eigenvalue weighted by Crippen LogP contribution is 2.14. The molecule has 1 aliphatic heterocycles. The van der Waals surface area contributed by atoms with Gasteiger partial charge in [-0.2, -0.15) is 0 Å². The maximum atomic E-state index is 5.32. The quantitative estimate of drug-likeness (QED) is 0.640. The number of morpholine rings is 1. The van der Waals surface area contributed by atoms with E-state index in [9.17, 15) is 0 Å². The van der Waals surface area contributed by atoms with Crippen LogP contribution in [0.1, 0.15) is 6.92 Å². The van der Waals surface area contributed by atoms with Gasteiger partial charge in [0.25, 0.3) is 0 Å². The van der Waals surface area contributed by atoms with E-state index in [0.717, 1.165) is 37.8 Å². The first-order valence-electron chi connectivity index (χ1n) is 5.31. The van der Waals surface area contributed by atoms with Crippen molar-refractivity contribution >= 4 is 18.2 Å². The molecule has 5 nitrogen and oxygen atoms in total. The van der Waals surface area contributed by atoms with Gasteiger partial charge >= 0.3 is 0 Å². The Morgan fingerprint density at radius 2 is 2.25 bits per heavy atom. The predicted molar refractivity (Wildman–Crippen MR) is 65.3 cm³/mol. The molecule has 88 valence electrons. The minimum atomic E-state index is 0.643. The topological polar surface area (TPSA) is 46.1 Å². The smallest absolute Gasteiger partial charge is 0.226 e. The minimum absolute atomic E-state index is 0.643. The Labute approximate surface area is 99.7 Å². The van der Waals surface area contributed by atoms with Crippen LogP contribution in [0.4, 0.5) is 5.95 Å². The monoisotopic (exact) mass is 240 g/mol. The summed E-state index contributed by atoms with van der Waals surface area (Å²) >= 11 is 5.21. The lowest BCUT2D eigenvalue weighted by Crippen LogP contribution is -2.38. The molecule has 6 heteroatoms. The molecule has 2 rings (SSSR count). The van der Waals surface area contributed by atoms with Gasteiger partial charge in [0.2, 0.25) is 5.95 Å². The fraction of sp³-hybridized carbons (Fsp3) is 0.600. The summed E-state index contributed by atoms with van der Waals surface area (Å²) < 4.78 is 7.93. The Balaban J connectivity index is 2.25. The highest BCUT2D eigenvalue weighted by atomic mass is 32.1. The summed E-state index contributed by atoms with van der Waals surface area (Å²) in [6.07, 6.45) is 0. The second-order valence-electron chi connectivity index (χ2n) is 3.97. The molecule has 0 aliphatic carbocycles. The highest BCUT2D eigenvalue weighted by molar-refractivity contribution is 7.71. The first-order valence-corrected chi connectivity index (χ1v) is 5.71. The standard InChI is InChI=1S/C10H16N4OS/c1-8(2)7-14-9(11-12-10(14)16)13-3-5-15-6-4-13/h1,3-7H2,2H3,(H,12,16). The third-order valence-corrected chi connectivity index (χ3v) is 2.77. The molecule has 16 heavy (non-hydrogen) atoms. The van der Waals surface area contributed by atoms with E-state index in [4.69, 9.17) is 17.0 Å². The zero-order chi connectivity index (χ0) is 11.5. The van der Waals surface area contributed by atoms with Gasteiger partial charge < -0.3 is 9.64 Å². The Hall–Kier alpha value is -1.14. The van der Waals surface area contributed by atoms with Crippen molar-refractivity contribution in [1.29, 1.82) is 0 Å². The molecule has 0 spiro atoms. The second-order valence-corrected chi connectivity index (χ2v) is 4.36. The van der Waals surface area contributed by atoms with Crippen molar-refractivity contribution in [3.8, 4) is 0 Å². The van der Waals surface area contributed by atoms with Gasteiger partial charge in [-0.05, 0) is 19.1 Å². The normalized spacial score (nSPS) is 16.4. The van der Waals surface area contributed by atoms with E-state index in [1.165, 1.54) is 0 Å². The summed E-state index contributed by atoms with van der Waals surface area (Å²) in [5.41, 5.74) is 1.06. The van der Waals surface area contributed by atoms with Crippen molar-refractivity contribution in [2.45, 2.75) is 13.5 Å². The second kappa shape index (κ2) is 4.80. The van der Waals surface area contributed by atoms with E-state index in [2.05, 4.69) is 21.7 Å². The van der Waals surface area contributed by atoms with Crippen LogP contribution in [0.25, 0.3) is 0 Å². The number of nitrogens with zero attached hydrogens (tertiary/aromatic N) is 3. The molecule has 0 bridgehead atoms. The summed E-state index contributed by atoms with van der Waals surface area (Å²) in [5, 5.41) is 7.10. The van der Waals surface area contributed by atoms with Crippen LogP contribution in [0.3, 0.4) is 0 Å². The average Bonchev–Trinajstić information content (AvgIpc) is 2.61. The zero-order valence-corrected chi connectivity index (χ0v) is 10.2. The average molecular weight is 240 g/mol. The van der Waals surface area contributed by atoms with Crippen LogP contribution in [-0.2, 0) is 11.3 Å². The Kier molecular flexibility index (Phi) is 3.40. The summed E-state index contributed by atoms with van der Waals surface area (Å²) in [6, 6.07) is 0. The predicted octanol–water partition coefficient (Wildman–Crippen LogP) is 1.35. The molecule has 0 aromatic carbocycles. The zero-order valence-electron chi connectivity index (χ0n) is 9.40. The molecule has 1 saturated heterocycles. The number of nitrogens with one attached hydrogen (secondary N) is 1. The van der Waals surface area contributed by atoms with Crippen molar-refractivity contribution < 1.29 is 4.74 Å². The van der Waals surface area contributed by atoms with Gasteiger partial charge in [-0.25, -0.2) is 5.10 Å². The van der Waals surface area contributed by atoms with Crippen LogP contribution < -0.4 is 4.90 Å². The van der Waals surface area contributed by atoms with Gasteiger partial charge in [0.05, 0.1) is 13.2 Å². The fourth-order valence-corrected chi connectivity index (χ4v) is 1.92. The number of aromatic nitrogens is 3. The van der Waals surface area contributed by atoms with Crippen LogP contribution in [-0.4, -0.2) is 41.1 Å². The molecule has 0 saturated carbocycles. The molecule has 1 fully saturated rings. The van der Waals surface area contributed by atoms with Crippen molar-refractivity contribution in [1.82, 2.24) is 14.8 Å². The Morgan fingerprint density at radius 1 is 1.56 bits per heavy atom. The van der Waals surface area contributed by atoms with E-state index in [1.807, 2.05) is 11.5 Å². The lowest BCUT2D eigenvalue weighted by molar-refractivity contribution is 0.121. The number of ether oxygens (including phenoxy) is 1. The summed E-state index contributed by atoms with van der Waals surface area (Å²) in [4.78, 5) is 2.18. The number of hydrogen-bond acceptors (Lipinski definition) is 4. The van der Waals surface area contributed by atoms with Gasteiger partial charge in [0.15, 0.2) is 4.77 Å². The molecule has 1 N–H and O–H groups in total. The summed E-state index contributed by atoms with van der Waals surface area (Å²) in [7, 11) is 0. The maximum Gasteiger partial charge on any atom is 0.226 e. The number of anilines is 1. The maximum absolute atomic E-state index is 5.32. The van der Waals surface area contributed by atoms with Crippen LogP contribution in [0.2, 0.25) is 0 Å². The van der Waals surface area contributed by atoms with E-state index >= 15 is 0 Å². The van der Waals surface area contributed by atoms with Crippen LogP contribution in [0.5, 0.6) is 0 Å². The van der Waals surface area contributed by atoms with E-state index < -0.39 is 0 Å². The van der Waals surface area contributed by atoms with Gasteiger partial charge in [-0.3, -0.25) is 4.57 Å². The SMILES string of the molecule is C=C(C)Cn1c(N2CCOCC2)n[nH]c1=S. The van der Waals surface area contributed by atoms with E-state index in [1.54, 1.807) is 0 Å². The largest absolute Gasteiger partial charge is 0.378 e. The molecular formula is C10H16N4OS. The third kappa shape index (κ3) is 2.33. The number of hydrogen-bond donors (Lipinski definition) is 1. The Bertz CT molecular complexity index is 430. The lowest BCUT2D eigenvalue weighted by atomic mass is 10.3. The van der Waals surface area contributed by atoms with E-state index in [-0.39, 0.29) is 0 Å². The lowest BCUT2D eigenvalue weighted by Gasteiger charge is -2.27. The number of allylic oxidation sites excluding steroid dienone is 1. The van der Waals surface area contributed by atoms with Gasteiger partial charge in [0.1, 0.15) is 0 Å². The highest BCUT2D eigenvalue weighted by Gasteiger charge is 2.17. The molecule has 0 radical (unpaired) electrons. The van der Waals surface area contributed by atoms with Crippen molar-refractivity contribution in [2.24, 2.45) is 0 Å². The number of rotatable bonds is 3. The number of aromatic amines is 1. The van der Waals surface area contributed by atoms with Crippen molar-refractivity contribution in [2.75, 3.05) is 31.2 Å². The third-order valence-electron chi connectivity index (χ3n) is 2.46. The van der Waals surface area contributed by atoms with Crippen molar-refractivity contribution in [3.05, 3.63) is 16.9 Å². The first-order chi connectivity index (χ1) is 7.68. The molecule has 0 amide bonds. The summed E-state index contributed by atoms with van der Waals surface area (Å²) in [6.45, 7) is 9.80. The fourth-order valence-electron chi connectivity index (χ4n) is 1.73. The molecule has 0 atom stereocenters. The molecule has 1 aliphatic rings. The molecule has 2 heterocycles. The summed E-state index contributed by atoms with van der Waals surface area (Å²) in [5.74, 6) is 0.885. The van der Waals surface area contributed by atoms with Gasteiger partial charge in [0, 0.05) is 19.6 Å².